The number of amides is 1. The lowest BCUT2D eigenvalue weighted by Gasteiger charge is -2.13. The summed E-state index contributed by atoms with van der Waals surface area (Å²) in [6.07, 6.45) is -3.25. The third kappa shape index (κ3) is 4.90. The van der Waals surface area contributed by atoms with Crippen molar-refractivity contribution in [3.63, 3.8) is 0 Å². The fourth-order valence-corrected chi connectivity index (χ4v) is 4.30. The number of nitrogens with one attached hydrogen (secondary N) is 1. The molecule has 1 amide bonds. The van der Waals surface area contributed by atoms with Crippen LogP contribution in [0.2, 0.25) is 15.1 Å². The number of carbonyl (C=O) groups is 1. The molecule has 1 aromatic carbocycles. The van der Waals surface area contributed by atoms with Crippen molar-refractivity contribution >= 4 is 46.4 Å². The van der Waals surface area contributed by atoms with Gasteiger partial charge in [0, 0.05) is 24.9 Å². The smallest absolute Gasteiger partial charge is 0.417 e. The average molecular weight is 583 g/mol. The van der Waals surface area contributed by atoms with Crippen molar-refractivity contribution in [2.24, 2.45) is 0 Å². The summed E-state index contributed by atoms with van der Waals surface area (Å²) < 4.78 is 77.7. The number of hydrogen-bond acceptors (Lipinski definition) is 6. The number of nitrogens with zero attached hydrogens (tertiary/aromatic N) is 4. The fraction of sp³-hybridized carbons (Fsp3) is 0.238. The first-order chi connectivity index (χ1) is 17.3. The number of aromatic nitrogens is 4. The molecule has 37 heavy (non-hydrogen) atoms. The standard InChI is InChI=1S/C21H11Cl3F5N5O3/c22-11-3-15(36-7-9-4-20(25,26)19(35)30-9)12(23)2-10(11)18-32-16(33-37-18)14-6-34-5-8(21(27,28)29)1-13(24)17(34)31-14/h1-3,5-6,9H,4,7H2,(H,30,35)/t9-/m1/s1. The van der Waals surface area contributed by atoms with Crippen molar-refractivity contribution in [1.29, 1.82) is 0 Å². The largest absolute Gasteiger partial charge is 0.490 e. The minimum Gasteiger partial charge on any atom is -0.490 e. The lowest BCUT2D eigenvalue weighted by Crippen LogP contribution is -2.32. The van der Waals surface area contributed by atoms with Crippen LogP contribution < -0.4 is 10.1 Å². The highest BCUT2D eigenvalue weighted by Crippen LogP contribution is 2.38. The number of ether oxygens (including phenoxy) is 1. The summed E-state index contributed by atoms with van der Waals surface area (Å²) in [5.74, 6) is -4.93. The average Bonchev–Trinajstić information content (AvgIpc) is 3.51. The maximum atomic E-state index is 13.4. The van der Waals surface area contributed by atoms with Gasteiger partial charge in [0.1, 0.15) is 18.1 Å². The highest BCUT2D eigenvalue weighted by Gasteiger charge is 2.48. The van der Waals surface area contributed by atoms with Gasteiger partial charge in [-0.15, -0.1) is 0 Å². The van der Waals surface area contributed by atoms with Crippen molar-refractivity contribution in [2.75, 3.05) is 6.61 Å². The number of fused-ring (bicyclic) bond motifs is 1. The number of carbonyl (C=O) groups excluding carboxylic acids is 1. The van der Waals surface area contributed by atoms with Crippen molar-refractivity contribution < 1.29 is 36.0 Å². The molecule has 5 rings (SSSR count). The van der Waals surface area contributed by atoms with Gasteiger partial charge in [-0.25, -0.2) is 4.98 Å². The third-order valence-corrected chi connectivity index (χ3v) is 6.24. The van der Waals surface area contributed by atoms with Crippen molar-refractivity contribution in [2.45, 2.75) is 24.6 Å². The maximum Gasteiger partial charge on any atom is 0.417 e. The Morgan fingerprint density at radius 2 is 1.86 bits per heavy atom. The monoisotopic (exact) mass is 581 g/mol. The molecule has 0 unspecified atom stereocenters. The number of rotatable bonds is 5. The number of alkyl halides is 5. The molecule has 0 aliphatic carbocycles. The molecule has 1 fully saturated rings. The van der Waals surface area contributed by atoms with Gasteiger partial charge in [-0.2, -0.15) is 26.9 Å². The van der Waals surface area contributed by atoms with Crippen LogP contribution in [0.4, 0.5) is 22.0 Å². The highest BCUT2D eigenvalue weighted by atomic mass is 35.5. The van der Waals surface area contributed by atoms with Crippen molar-refractivity contribution in [1.82, 2.24) is 24.8 Å². The fourth-order valence-electron chi connectivity index (χ4n) is 3.59. The van der Waals surface area contributed by atoms with E-state index in [4.69, 9.17) is 44.1 Å². The Bertz CT molecular complexity index is 1540. The Balaban J connectivity index is 1.37. The van der Waals surface area contributed by atoms with Crippen molar-refractivity contribution in [3.05, 3.63) is 51.2 Å². The summed E-state index contributed by atoms with van der Waals surface area (Å²) >= 11 is 18.5. The van der Waals surface area contributed by atoms with E-state index in [-0.39, 0.29) is 56.0 Å². The first kappa shape index (κ1) is 25.5. The molecule has 0 spiro atoms. The zero-order valence-electron chi connectivity index (χ0n) is 17.9. The van der Waals surface area contributed by atoms with E-state index in [1.54, 1.807) is 0 Å². The number of halogens is 8. The van der Waals surface area contributed by atoms with E-state index < -0.39 is 36.0 Å². The first-order valence-electron chi connectivity index (χ1n) is 10.2. The zero-order valence-corrected chi connectivity index (χ0v) is 20.2. The maximum absolute atomic E-state index is 13.4. The number of benzene rings is 1. The molecule has 1 aliphatic rings. The Kier molecular flexibility index (Phi) is 6.20. The van der Waals surface area contributed by atoms with Gasteiger partial charge in [0.2, 0.25) is 5.82 Å². The highest BCUT2D eigenvalue weighted by molar-refractivity contribution is 6.36. The number of hydrogen-bond donors (Lipinski definition) is 1. The SMILES string of the molecule is O=C1N[C@@H](COc2cc(Cl)c(-c3nc(-c4cn5cc(C(F)(F)F)cc(Cl)c5n4)no3)cc2Cl)CC1(F)F. The summed E-state index contributed by atoms with van der Waals surface area (Å²) in [4.78, 5) is 19.6. The van der Waals surface area contributed by atoms with Crippen LogP contribution in [0.3, 0.4) is 0 Å². The Morgan fingerprint density at radius 1 is 1.11 bits per heavy atom. The number of pyridine rings is 1. The quantitative estimate of drug-likeness (QED) is 0.293. The van der Waals surface area contributed by atoms with Crippen LogP contribution in [0.15, 0.2) is 35.1 Å². The first-order valence-corrected chi connectivity index (χ1v) is 11.4. The molecule has 0 saturated carbocycles. The Labute approximate surface area is 218 Å². The second-order valence-electron chi connectivity index (χ2n) is 8.01. The molecule has 1 aliphatic heterocycles. The molecule has 1 N–H and O–H groups in total. The normalized spacial score (nSPS) is 17.4. The molecule has 1 atom stereocenters. The molecule has 4 aromatic rings. The van der Waals surface area contributed by atoms with E-state index in [9.17, 15) is 26.7 Å². The van der Waals surface area contributed by atoms with Crippen LogP contribution in [0.25, 0.3) is 28.6 Å². The van der Waals surface area contributed by atoms with Gasteiger partial charge in [0.15, 0.2) is 5.65 Å². The van der Waals surface area contributed by atoms with E-state index >= 15 is 0 Å². The topological polar surface area (TPSA) is 94.5 Å². The molecule has 4 heterocycles. The van der Waals surface area contributed by atoms with Gasteiger partial charge in [0.05, 0.1) is 32.2 Å². The second-order valence-corrected chi connectivity index (χ2v) is 9.23. The Hall–Kier alpha value is -3.16. The summed E-state index contributed by atoms with van der Waals surface area (Å²) in [5.41, 5.74) is -0.640. The molecule has 8 nitrogen and oxygen atoms in total. The Morgan fingerprint density at radius 3 is 2.54 bits per heavy atom. The van der Waals surface area contributed by atoms with Gasteiger partial charge in [-0.3, -0.25) is 4.79 Å². The van der Waals surface area contributed by atoms with Crippen LogP contribution in [-0.2, 0) is 11.0 Å². The van der Waals surface area contributed by atoms with Gasteiger partial charge in [0.25, 0.3) is 11.8 Å². The van der Waals surface area contributed by atoms with Gasteiger partial charge in [-0.1, -0.05) is 40.0 Å². The summed E-state index contributed by atoms with van der Waals surface area (Å²) in [6.45, 7) is -0.270. The molecule has 3 aromatic heterocycles. The third-order valence-electron chi connectivity index (χ3n) is 5.35. The molecule has 16 heteroatoms. The minimum absolute atomic E-state index is 0.0365. The molecular weight excluding hydrogens is 572 g/mol. The van der Waals surface area contributed by atoms with E-state index in [1.807, 2.05) is 0 Å². The predicted octanol–water partition coefficient (Wildman–Crippen LogP) is 5.93. The van der Waals surface area contributed by atoms with Crippen LogP contribution >= 0.6 is 34.8 Å². The molecule has 0 bridgehead atoms. The van der Waals surface area contributed by atoms with Gasteiger partial charge >= 0.3 is 12.1 Å². The molecular formula is C21H11Cl3F5N5O3. The molecule has 1 saturated heterocycles. The van der Waals surface area contributed by atoms with Gasteiger partial charge < -0.3 is 19.0 Å². The van der Waals surface area contributed by atoms with E-state index in [1.165, 1.54) is 18.3 Å². The van der Waals surface area contributed by atoms with Crippen LogP contribution in [0, 0.1) is 0 Å². The minimum atomic E-state index is -4.61. The predicted molar refractivity (Wildman–Crippen MR) is 121 cm³/mol. The zero-order chi connectivity index (χ0) is 26.7. The molecule has 0 radical (unpaired) electrons. The van der Waals surface area contributed by atoms with Crippen LogP contribution in [0.1, 0.15) is 12.0 Å². The van der Waals surface area contributed by atoms with E-state index in [0.717, 1.165) is 16.7 Å². The second kappa shape index (κ2) is 8.99. The molecule has 194 valence electrons. The van der Waals surface area contributed by atoms with Gasteiger partial charge in [-0.05, 0) is 12.1 Å². The van der Waals surface area contributed by atoms with E-state index in [2.05, 4.69) is 20.4 Å². The number of imidazole rings is 1. The summed E-state index contributed by atoms with van der Waals surface area (Å²) in [5, 5.41) is 5.79. The summed E-state index contributed by atoms with van der Waals surface area (Å²) in [7, 11) is 0. The lowest BCUT2D eigenvalue weighted by molar-refractivity contribution is -0.140. The summed E-state index contributed by atoms with van der Waals surface area (Å²) in [6, 6.07) is 2.49. The van der Waals surface area contributed by atoms with Crippen LogP contribution in [0.5, 0.6) is 5.75 Å². The van der Waals surface area contributed by atoms with Crippen molar-refractivity contribution in [3.8, 4) is 28.7 Å². The lowest BCUT2D eigenvalue weighted by atomic mass is 10.2. The van der Waals surface area contributed by atoms with E-state index in [0.29, 0.717) is 0 Å². The van der Waals surface area contributed by atoms with Crippen LogP contribution in [-0.4, -0.2) is 44.0 Å².